The highest BCUT2D eigenvalue weighted by Crippen LogP contribution is 2.22. The van der Waals surface area contributed by atoms with Crippen LogP contribution in [0.2, 0.25) is 5.02 Å². The molecule has 0 N–H and O–H groups in total. The Hall–Kier alpha value is -1.41. The number of benzene rings is 1. The summed E-state index contributed by atoms with van der Waals surface area (Å²) in [5.74, 6) is 0.0118. The molecule has 2 aromatic rings. The van der Waals surface area contributed by atoms with E-state index in [4.69, 9.17) is 11.6 Å². The number of carbonyl (C=O) groups excluding carboxylic acids is 1. The van der Waals surface area contributed by atoms with Crippen LogP contribution < -0.4 is 0 Å². The maximum absolute atomic E-state index is 12.6. The van der Waals surface area contributed by atoms with Gasteiger partial charge in [-0.05, 0) is 35.6 Å². The topological polar surface area (TPSA) is 57.7 Å². The van der Waals surface area contributed by atoms with Crippen molar-refractivity contribution in [3.05, 3.63) is 52.4 Å². The van der Waals surface area contributed by atoms with E-state index in [9.17, 15) is 13.2 Å². The predicted octanol–water partition coefficient (Wildman–Crippen LogP) is 2.87. The minimum Gasteiger partial charge on any atom is -0.341 e. The zero-order valence-corrected chi connectivity index (χ0v) is 16.0. The molecule has 3 rings (SSSR count). The van der Waals surface area contributed by atoms with Crippen LogP contribution in [0.4, 0.5) is 0 Å². The van der Waals surface area contributed by atoms with Crippen molar-refractivity contribution in [3.8, 4) is 0 Å². The van der Waals surface area contributed by atoms with Gasteiger partial charge in [0.1, 0.15) is 4.21 Å². The summed E-state index contributed by atoms with van der Waals surface area (Å²) < 4.78 is 27.1. The summed E-state index contributed by atoms with van der Waals surface area (Å²) in [6.07, 6.45) is 0.936. The van der Waals surface area contributed by atoms with Crippen molar-refractivity contribution in [1.82, 2.24) is 9.21 Å². The Morgan fingerprint density at radius 1 is 1.08 bits per heavy atom. The third kappa shape index (κ3) is 4.41. The van der Waals surface area contributed by atoms with Crippen molar-refractivity contribution >= 4 is 38.9 Å². The van der Waals surface area contributed by atoms with Crippen molar-refractivity contribution in [3.63, 3.8) is 0 Å². The first kappa shape index (κ1) is 18.4. The van der Waals surface area contributed by atoms with Crippen LogP contribution in [0.3, 0.4) is 0 Å². The number of hydrogen-bond acceptors (Lipinski definition) is 4. The Morgan fingerprint density at radius 3 is 2.52 bits per heavy atom. The van der Waals surface area contributed by atoms with E-state index >= 15 is 0 Å². The summed E-state index contributed by atoms with van der Waals surface area (Å²) in [6, 6.07) is 10.6. The van der Waals surface area contributed by atoms with E-state index in [1.54, 1.807) is 34.5 Å². The van der Waals surface area contributed by atoms with E-state index in [0.717, 1.165) is 5.56 Å². The Kier molecular flexibility index (Phi) is 5.78. The number of hydrogen-bond donors (Lipinski definition) is 0. The molecular formula is C17H19ClN2O3S2. The van der Waals surface area contributed by atoms with Crippen LogP contribution in [-0.2, 0) is 21.2 Å². The highest BCUT2D eigenvalue weighted by Gasteiger charge is 2.28. The lowest BCUT2D eigenvalue weighted by molar-refractivity contribution is -0.130. The first-order valence-corrected chi connectivity index (χ1v) is 10.7. The molecule has 1 aromatic carbocycles. The molecule has 1 saturated heterocycles. The van der Waals surface area contributed by atoms with Gasteiger partial charge in [0, 0.05) is 31.2 Å². The van der Waals surface area contributed by atoms with E-state index in [0.29, 0.717) is 48.3 Å². The number of halogens is 1. The van der Waals surface area contributed by atoms with Crippen LogP contribution in [0.25, 0.3) is 0 Å². The first-order valence-electron chi connectivity index (χ1n) is 8.03. The van der Waals surface area contributed by atoms with Gasteiger partial charge in [-0.2, -0.15) is 4.31 Å². The first-order chi connectivity index (χ1) is 12.0. The molecule has 1 fully saturated rings. The van der Waals surface area contributed by atoms with Gasteiger partial charge in [-0.3, -0.25) is 4.79 Å². The molecule has 1 amide bonds. The molecule has 0 atom stereocenters. The summed E-state index contributed by atoms with van der Waals surface area (Å²) in [7, 11) is -3.46. The van der Waals surface area contributed by atoms with Crippen molar-refractivity contribution in [2.24, 2.45) is 0 Å². The smallest absolute Gasteiger partial charge is 0.252 e. The van der Waals surface area contributed by atoms with Crippen LogP contribution in [0.5, 0.6) is 0 Å². The lowest BCUT2D eigenvalue weighted by atomic mass is 10.1. The van der Waals surface area contributed by atoms with Crippen LogP contribution in [0, 0.1) is 0 Å². The Morgan fingerprint density at radius 2 is 1.84 bits per heavy atom. The Bertz CT molecular complexity index is 820. The normalized spacial score (nSPS) is 16.6. The Labute approximate surface area is 156 Å². The average Bonchev–Trinajstić information content (AvgIpc) is 3.02. The van der Waals surface area contributed by atoms with E-state index in [2.05, 4.69) is 0 Å². The quantitative estimate of drug-likeness (QED) is 0.795. The zero-order valence-electron chi connectivity index (χ0n) is 13.6. The molecule has 0 unspecified atom stereocenters. The van der Waals surface area contributed by atoms with Crippen LogP contribution in [-0.4, -0.2) is 49.7 Å². The molecular weight excluding hydrogens is 380 g/mol. The fourth-order valence-corrected chi connectivity index (χ4v) is 5.55. The van der Waals surface area contributed by atoms with Gasteiger partial charge in [0.05, 0.1) is 6.42 Å². The van der Waals surface area contributed by atoms with Gasteiger partial charge in [-0.15, -0.1) is 11.3 Å². The Balaban J connectivity index is 1.63. The fraction of sp³-hybridized carbons (Fsp3) is 0.353. The number of nitrogens with zero attached hydrogens (tertiary/aromatic N) is 2. The van der Waals surface area contributed by atoms with Gasteiger partial charge < -0.3 is 4.90 Å². The highest BCUT2D eigenvalue weighted by molar-refractivity contribution is 7.91. The molecule has 8 heteroatoms. The number of rotatable bonds is 4. The van der Waals surface area contributed by atoms with Gasteiger partial charge in [-0.25, -0.2) is 8.42 Å². The van der Waals surface area contributed by atoms with Gasteiger partial charge >= 0.3 is 0 Å². The second kappa shape index (κ2) is 7.86. The molecule has 0 spiro atoms. The van der Waals surface area contributed by atoms with E-state index in [1.807, 2.05) is 12.1 Å². The second-order valence-corrected chi connectivity index (χ2v) is 9.42. The average molecular weight is 399 g/mol. The SMILES string of the molecule is O=C(Cc1ccc(Cl)cc1)N1CCCN(S(=O)(=O)c2cccs2)CC1. The zero-order chi connectivity index (χ0) is 17.9. The molecule has 5 nitrogen and oxygen atoms in total. The molecule has 0 saturated carbocycles. The largest absolute Gasteiger partial charge is 0.341 e. The maximum Gasteiger partial charge on any atom is 0.252 e. The number of amides is 1. The van der Waals surface area contributed by atoms with Crippen LogP contribution in [0.1, 0.15) is 12.0 Å². The molecule has 134 valence electrons. The van der Waals surface area contributed by atoms with E-state index < -0.39 is 10.0 Å². The lowest BCUT2D eigenvalue weighted by Crippen LogP contribution is -2.37. The lowest BCUT2D eigenvalue weighted by Gasteiger charge is -2.21. The van der Waals surface area contributed by atoms with Crippen LogP contribution >= 0.6 is 22.9 Å². The minimum atomic E-state index is -3.46. The van der Waals surface area contributed by atoms with E-state index in [-0.39, 0.29) is 5.91 Å². The third-order valence-electron chi connectivity index (χ3n) is 4.17. The standard InChI is InChI=1S/C17H19ClN2O3S2/c18-15-6-4-14(5-7-15)13-16(21)19-8-2-9-20(11-10-19)25(22,23)17-3-1-12-24-17/h1,3-7,12H,2,8-11,13H2. The van der Waals surface area contributed by atoms with Gasteiger partial charge in [0.15, 0.2) is 0 Å². The number of sulfonamides is 1. The van der Waals surface area contributed by atoms with Crippen molar-refractivity contribution in [1.29, 1.82) is 0 Å². The van der Waals surface area contributed by atoms with Crippen molar-refractivity contribution in [2.75, 3.05) is 26.2 Å². The molecule has 1 aliphatic heterocycles. The molecule has 0 radical (unpaired) electrons. The molecule has 1 aliphatic rings. The fourth-order valence-electron chi connectivity index (χ4n) is 2.81. The van der Waals surface area contributed by atoms with Crippen molar-refractivity contribution < 1.29 is 13.2 Å². The maximum atomic E-state index is 12.6. The van der Waals surface area contributed by atoms with Gasteiger partial charge in [0.2, 0.25) is 5.91 Å². The molecule has 2 heterocycles. The number of thiophene rings is 1. The summed E-state index contributed by atoms with van der Waals surface area (Å²) >= 11 is 7.08. The van der Waals surface area contributed by atoms with Gasteiger partial charge in [0.25, 0.3) is 10.0 Å². The second-order valence-electron chi connectivity index (χ2n) is 5.87. The molecule has 0 aliphatic carbocycles. The molecule has 25 heavy (non-hydrogen) atoms. The molecule has 1 aromatic heterocycles. The van der Waals surface area contributed by atoms with Gasteiger partial charge in [-0.1, -0.05) is 29.8 Å². The summed E-state index contributed by atoms with van der Waals surface area (Å²) in [4.78, 5) is 14.3. The third-order valence-corrected chi connectivity index (χ3v) is 7.69. The summed E-state index contributed by atoms with van der Waals surface area (Å²) in [5, 5.41) is 2.40. The minimum absolute atomic E-state index is 0.0118. The summed E-state index contributed by atoms with van der Waals surface area (Å²) in [5.41, 5.74) is 0.904. The van der Waals surface area contributed by atoms with Crippen molar-refractivity contribution in [2.45, 2.75) is 17.1 Å². The number of carbonyl (C=O) groups is 1. The van der Waals surface area contributed by atoms with Crippen LogP contribution in [0.15, 0.2) is 46.0 Å². The summed E-state index contributed by atoms with van der Waals surface area (Å²) in [6.45, 7) is 1.75. The predicted molar refractivity (Wildman–Crippen MR) is 99.4 cm³/mol. The monoisotopic (exact) mass is 398 g/mol. The highest BCUT2D eigenvalue weighted by atomic mass is 35.5. The van der Waals surface area contributed by atoms with E-state index in [1.165, 1.54) is 15.6 Å². The molecule has 0 bridgehead atoms.